The molecule has 2 saturated carbocycles. The van der Waals surface area contributed by atoms with Gasteiger partial charge in [0.2, 0.25) is 0 Å². The molecular weight excluding hydrogens is 242 g/mol. The molecule has 1 aromatic heterocycles. The summed E-state index contributed by atoms with van der Waals surface area (Å²) in [5, 5.41) is 19.5. The molecular formula is C14H21N3O2. The molecule has 0 saturated heterocycles. The number of fused-ring (bicyclic) bond motifs is 2. The Hall–Kier alpha value is -1.36. The van der Waals surface area contributed by atoms with Crippen molar-refractivity contribution in [3.8, 4) is 0 Å². The first-order valence-corrected chi connectivity index (χ1v) is 7.19. The molecule has 1 heterocycles. The first kappa shape index (κ1) is 12.7. The molecule has 2 aliphatic carbocycles. The molecule has 2 fully saturated rings. The molecule has 104 valence electrons. The third-order valence-electron chi connectivity index (χ3n) is 4.84. The van der Waals surface area contributed by atoms with Crippen LogP contribution in [0, 0.1) is 17.8 Å². The zero-order chi connectivity index (χ0) is 13.4. The molecule has 2 aliphatic rings. The third kappa shape index (κ3) is 2.16. The predicted octanol–water partition coefficient (Wildman–Crippen LogP) is 1.11. The molecule has 5 heteroatoms. The van der Waals surface area contributed by atoms with Crippen LogP contribution >= 0.6 is 0 Å². The van der Waals surface area contributed by atoms with Crippen LogP contribution in [-0.4, -0.2) is 33.9 Å². The minimum atomic E-state index is -0.119. The van der Waals surface area contributed by atoms with Crippen LogP contribution in [0.15, 0.2) is 6.07 Å². The van der Waals surface area contributed by atoms with E-state index in [1.807, 2.05) is 6.92 Å². The molecule has 0 spiro atoms. The maximum Gasteiger partial charge on any atom is 0.272 e. The van der Waals surface area contributed by atoms with Gasteiger partial charge in [-0.2, -0.15) is 5.10 Å². The van der Waals surface area contributed by atoms with Crippen LogP contribution in [0.3, 0.4) is 0 Å². The number of amides is 1. The summed E-state index contributed by atoms with van der Waals surface area (Å²) in [5.41, 5.74) is 1.42. The number of nitrogens with zero attached hydrogens (tertiary/aromatic N) is 1. The second kappa shape index (κ2) is 4.96. The number of carbonyl (C=O) groups is 1. The topological polar surface area (TPSA) is 78.0 Å². The highest BCUT2D eigenvalue weighted by Crippen LogP contribution is 2.48. The molecule has 0 radical (unpaired) electrons. The predicted molar refractivity (Wildman–Crippen MR) is 70.6 cm³/mol. The van der Waals surface area contributed by atoms with Crippen LogP contribution in [0.4, 0.5) is 0 Å². The number of aromatic nitrogens is 2. The molecule has 4 unspecified atom stereocenters. The van der Waals surface area contributed by atoms with Crippen molar-refractivity contribution in [2.45, 2.75) is 38.6 Å². The Labute approximate surface area is 112 Å². The highest BCUT2D eigenvalue weighted by Gasteiger charge is 2.47. The van der Waals surface area contributed by atoms with Crippen molar-refractivity contribution in [3.05, 3.63) is 17.5 Å². The molecule has 2 bridgehead atoms. The molecule has 5 nitrogen and oxygen atoms in total. The maximum atomic E-state index is 12.2. The Morgan fingerprint density at radius 3 is 3.00 bits per heavy atom. The van der Waals surface area contributed by atoms with Crippen molar-refractivity contribution in [2.24, 2.45) is 17.8 Å². The summed E-state index contributed by atoms with van der Waals surface area (Å²) in [6, 6.07) is 1.93. The largest absolute Gasteiger partial charge is 0.396 e. The van der Waals surface area contributed by atoms with Gasteiger partial charge in [-0.15, -0.1) is 0 Å². The molecule has 1 aromatic rings. The van der Waals surface area contributed by atoms with Gasteiger partial charge in [0.25, 0.3) is 5.91 Å². The molecule has 3 N–H and O–H groups in total. The summed E-state index contributed by atoms with van der Waals surface area (Å²) in [7, 11) is 0. The normalized spacial score (nSPS) is 32.7. The van der Waals surface area contributed by atoms with Gasteiger partial charge in [0.15, 0.2) is 0 Å². The Balaban J connectivity index is 1.69. The Bertz CT molecular complexity index is 471. The third-order valence-corrected chi connectivity index (χ3v) is 4.84. The van der Waals surface area contributed by atoms with Gasteiger partial charge in [0, 0.05) is 24.3 Å². The molecule has 4 atom stereocenters. The number of aromatic amines is 1. The molecule has 19 heavy (non-hydrogen) atoms. The minimum absolute atomic E-state index is 0.119. The van der Waals surface area contributed by atoms with E-state index in [2.05, 4.69) is 15.5 Å². The van der Waals surface area contributed by atoms with E-state index in [9.17, 15) is 9.90 Å². The maximum absolute atomic E-state index is 12.2. The summed E-state index contributed by atoms with van der Waals surface area (Å²) in [4.78, 5) is 12.2. The molecule has 3 rings (SSSR count). The quantitative estimate of drug-likeness (QED) is 0.761. The van der Waals surface area contributed by atoms with Crippen molar-refractivity contribution < 1.29 is 9.90 Å². The molecule has 0 aromatic carbocycles. The highest BCUT2D eigenvalue weighted by molar-refractivity contribution is 5.92. The van der Waals surface area contributed by atoms with Crippen molar-refractivity contribution in [2.75, 3.05) is 6.61 Å². The van der Waals surface area contributed by atoms with E-state index in [4.69, 9.17) is 0 Å². The lowest BCUT2D eigenvalue weighted by molar-refractivity contribution is 0.0856. The van der Waals surface area contributed by atoms with Crippen molar-refractivity contribution >= 4 is 5.91 Å². The van der Waals surface area contributed by atoms with Gasteiger partial charge in [0.05, 0.1) is 0 Å². The summed E-state index contributed by atoms with van der Waals surface area (Å²) in [5.74, 6) is 1.24. The van der Waals surface area contributed by atoms with Gasteiger partial charge in [0.1, 0.15) is 5.69 Å². The van der Waals surface area contributed by atoms with Gasteiger partial charge in [-0.05, 0) is 43.6 Å². The Morgan fingerprint density at radius 2 is 2.32 bits per heavy atom. The Morgan fingerprint density at radius 1 is 1.53 bits per heavy atom. The fourth-order valence-corrected chi connectivity index (χ4v) is 3.78. The lowest BCUT2D eigenvalue weighted by Crippen LogP contribution is -2.45. The van der Waals surface area contributed by atoms with Crippen LogP contribution in [0.1, 0.15) is 42.4 Å². The van der Waals surface area contributed by atoms with E-state index >= 15 is 0 Å². The van der Waals surface area contributed by atoms with E-state index in [1.54, 1.807) is 6.07 Å². The average Bonchev–Trinajstić information content (AvgIpc) is 3.13. The van der Waals surface area contributed by atoms with Gasteiger partial charge >= 0.3 is 0 Å². The number of aliphatic hydroxyl groups is 1. The number of H-pyrrole nitrogens is 1. The first-order valence-electron chi connectivity index (χ1n) is 7.19. The van der Waals surface area contributed by atoms with Gasteiger partial charge in [-0.25, -0.2) is 0 Å². The fraction of sp³-hybridized carbons (Fsp3) is 0.714. The number of aliphatic hydroxyl groups excluding tert-OH is 1. The Kier molecular flexibility index (Phi) is 3.31. The number of rotatable bonds is 4. The van der Waals surface area contributed by atoms with Crippen molar-refractivity contribution in [1.29, 1.82) is 0 Å². The number of hydrogen-bond acceptors (Lipinski definition) is 3. The summed E-state index contributed by atoms with van der Waals surface area (Å²) in [6.45, 7) is 2.19. The zero-order valence-electron chi connectivity index (χ0n) is 11.2. The molecule has 1 amide bonds. The first-order chi connectivity index (χ1) is 9.22. The van der Waals surface area contributed by atoms with Crippen LogP contribution in [0.5, 0.6) is 0 Å². The number of aryl methyl sites for hydroxylation is 1. The van der Waals surface area contributed by atoms with Crippen LogP contribution in [0.25, 0.3) is 0 Å². The van der Waals surface area contributed by atoms with E-state index in [1.165, 1.54) is 12.8 Å². The monoisotopic (exact) mass is 263 g/mol. The number of carbonyl (C=O) groups excluding carboxylic acids is 1. The second-order valence-electron chi connectivity index (χ2n) is 5.81. The van der Waals surface area contributed by atoms with Crippen LogP contribution in [-0.2, 0) is 6.42 Å². The minimum Gasteiger partial charge on any atom is -0.396 e. The van der Waals surface area contributed by atoms with E-state index in [0.717, 1.165) is 18.5 Å². The van der Waals surface area contributed by atoms with Crippen LogP contribution < -0.4 is 5.32 Å². The van der Waals surface area contributed by atoms with Crippen LogP contribution in [0.2, 0.25) is 0 Å². The number of hydrogen-bond donors (Lipinski definition) is 3. The van der Waals surface area contributed by atoms with Gasteiger partial charge < -0.3 is 10.4 Å². The highest BCUT2D eigenvalue weighted by atomic mass is 16.3. The van der Waals surface area contributed by atoms with Crippen molar-refractivity contribution in [1.82, 2.24) is 15.5 Å². The average molecular weight is 263 g/mol. The lowest BCUT2D eigenvalue weighted by Gasteiger charge is -2.30. The number of nitrogens with one attached hydrogen (secondary N) is 2. The van der Waals surface area contributed by atoms with Gasteiger partial charge in [-0.1, -0.05) is 6.92 Å². The summed E-state index contributed by atoms with van der Waals surface area (Å²) < 4.78 is 0. The summed E-state index contributed by atoms with van der Waals surface area (Å²) in [6.07, 6.45) is 4.36. The molecule has 0 aliphatic heterocycles. The van der Waals surface area contributed by atoms with Crippen molar-refractivity contribution in [3.63, 3.8) is 0 Å². The van der Waals surface area contributed by atoms with E-state index < -0.39 is 0 Å². The van der Waals surface area contributed by atoms with Gasteiger partial charge in [-0.3, -0.25) is 9.89 Å². The summed E-state index contributed by atoms with van der Waals surface area (Å²) >= 11 is 0. The van der Waals surface area contributed by atoms with E-state index in [0.29, 0.717) is 17.5 Å². The fourth-order valence-electron chi connectivity index (χ4n) is 3.78. The SMILES string of the molecule is CCc1cc(C(=O)NC2C3CCC(C3)C2CO)n[nH]1. The smallest absolute Gasteiger partial charge is 0.272 e. The van der Waals surface area contributed by atoms with E-state index in [-0.39, 0.29) is 24.5 Å². The standard InChI is InChI=1S/C14H21N3O2/c1-2-10-6-12(17-16-10)14(19)15-13-9-4-3-8(5-9)11(13)7-18/h6,8-9,11,13,18H,2-5,7H2,1H3,(H,15,19)(H,16,17). The second-order valence-corrected chi connectivity index (χ2v) is 5.81. The lowest BCUT2D eigenvalue weighted by atomic mass is 9.85. The zero-order valence-corrected chi connectivity index (χ0v) is 11.2.